The molecule has 0 unspecified atom stereocenters. The molecule has 2 aromatic rings. The predicted molar refractivity (Wildman–Crippen MR) is 112 cm³/mol. The number of rotatable bonds is 3. The standard InChI is InChI=1S/C22H23Cl2N/c1-13-11-19(15(3)14(13)2)17-10-9-16(25(4)5)12-20(17)18-7-6-8-21(23)22(18)24/h6-10,12H,11H2,1-5H3. The van der Waals surface area contributed by atoms with Gasteiger partial charge in [0.25, 0.3) is 0 Å². The molecule has 0 fully saturated rings. The van der Waals surface area contributed by atoms with Crippen LogP contribution in [0, 0.1) is 0 Å². The zero-order valence-electron chi connectivity index (χ0n) is 15.4. The number of anilines is 1. The van der Waals surface area contributed by atoms with Gasteiger partial charge in [0.2, 0.25) is 0 Å². The molecule has 1 aliphatic rings. The summed E-state index contributed by atoms with van der Waals surface area (Å²) in [5, 5.41) is 1.20. The summed E-state index contributed by atoms with van der Waals surface area (Å²) in [6.45, 7) is 6.63. The Morgan fingerprint density at radius 3 is 2.16 bits per heavy atom. The molecule has 2 aromatic carbocycles. The number of benzene rings is 2. The van der Waals surface area contributed by atoms with Crippen molar-refractivity contribution < 1.29 is 0 Å². The van der Waals surface area contributed by atoms with Crippen LogP contribution in [0.15, 0.2) is 53.1 Å². The lowest BCUT2D eigenvalue weighted by molar-refractivity contribution is 1.13. The first-order valence-electron chi connectivity index (χ1n) is 8.44. The van der Waals surface area contributed by atoms with Crippen LogP contribution in [0.3, 0.4) is 0 Å². The Bertz CT molecular complexity index is 904. The lowest BCUT2D eigenvalue weighted by Crippen LogP contribution is -2.09. The van der Waals surface area contributed by atoms with Gasteiger partial charge in [-0.3, -0.25) is 0 Å². The van der Waals surface area contributed by atoms with Gasteiger partial charge in [0, 0.05) is 25.3 Å². The third-order valence-electron chi connectivity index (χ3n) is 5.18. The van der Waals surface area contributed by atoms with Crippen molar-refractivity contribution in [1.29, 1.82) is 0 Å². The van der Waals surface area contributed by atoms with Crippen LogP contribution in [-0.2, 0) is 0 Å². The molecule has 0 radical (unpaired) electrons. The van der Waals surface area contributed by atoms with Crippen molar-refractivity contribution in [3.05, 3.63) is 68.7 Å². The zero-order chi connectivity index (χ0) is 18.3. The largest absolute Gasteiger partial charge is 0.378 e. The molecule has 25 heavy (non-hydrogen) atoms. The minimum absolute atomic E-state index is 0.586. The minimum Gasteiger partial charge on any atom is -0.378 e. The molecule has 0 spiro atoms. The maximum atomic E-state index is 6.56. The van der Waals surface area contributed by atoms with Gasteiger partial charge in [-0.25, -0.2) is 0 Å². The van der Waals surface area contributed by atoms with Crippen molar-refractivity contribution in [1.82, 2.24) is 0 Å². The van der Waals surface area contributed by atoms with Gasteiger partial charge in [-0.15, -0.1) is 0 Å². The maximum Gasteiger partial charge on any atom is 0.0670 e. The second-order valence-electron chi connectivity index (χ2n) is 6.91. The van der Waals surface area contributed by atoms with E-state index in [0.717, 1.165) is 23.2 Å². The molecular formula is C22H23Cl2N. The van der Waals surface area contributed by atoms with Crippen LogP contribution in [0.5, 0.6) is 0 Å². The molecule has 0 heterocycles. The topological polar surface area (TPSA) is 3.24 Å². The van der Waals surface area contributed by atoms with E-state index in [2.05, 4.69) is 43.9 Å². The van der Waals surface area contributed by atoms with Gasteiger partial charge in [0.15, 0.2) is 0 Å². The van der Waals surface area contributed by atoms with Crippen LogP contribution in [0.4, 0.5) is 5.69 Å². The van der Waals surface area contributed by atoms with Gasteiger partial charge in [0.1, 0.15) is 0 Å². The summed E-state index contributed by atoms with van der Waals surface area (Å²) < 4.78 is 0. The highest BCUT2D eigenvalue weighted by Gasteiger charge is 2.21. The van der Waals surface area contributed by atoms with Crippen LogP contribution in [-0.4, -0.2) is 14.1 Å². The third-order valence-corrected chi connectivity index (χ3v) is 6.00. The molecule has 3 heteroatoms. The number of halogens is 2. The van der Waals surface area contributed by atoms with E-state index in [9.17, 15) is 0 Å². The van der Waals surface area contributed by atoms with E-state index in [0.29, 0.717) is 10.0 Å². The van der Waals surface area contributed by atoms with Gasteiger partial charge >= 0.3 is 0 Å². The first-order valence-corrected chi connectivity index (χ1v) is 9.19. The number of hydrogen-bond acceptors (Lipinski definition) is 1. The van der Waals surface area contributed by atoms with E-state index in [1.165, 1.54) is 27.9 Å². The molecule has 130 valence electrons. The van der Waals surface area contributed by atoms with E-state index in [-0.39, 0.29) is 0 Å². The summed E-state index contributed by atoms with van der Waals surface area (Å²) in [7, 11) is 4.10. The summed E-state index contributed by atoms with van der Waals surface area (Å²) >= 11 is 12.9. The molecule has 0 amide bonds. The Morgan fingerprint density at radius 2 is 1.56 bits per heavy atom. The fourth-order valence-electron chi connectivity index (χ4n) is 3.38. The Hall–Kier alpha value is -1.70. The molecule has 1 nitrogen and oxygen atoms in total. The van der Waals surface area contributed by atoms with E-state index in [1.54, 1.807) is 0 Å². The molecule has 3 rings (SSSR count). The molecule has 0 saturated carbocycles. The van der Waals surface area contributed by atoms with Crippen LogP contribution >= 0.6 is 23.2 Å². The van der Waals surface area contributed by atoms with E-state index in [1.807, 2.05) is 32.3 Å². The minimum atomic E-state index is 0.586. The van der Waals surface area contributed by atoms with Gasteiger partial charge in [-0.05, 0) is 73.2 Å². The molecule has 0 aliphatic heterocycles. The highest BCUT2D eigenvalue weighted by Crippen LogP contribution is 2.44. The summed E-state index contributed by atoms with van der Waals surface area (Å²) in [4.78, 5) is 2.11. The van der Waals surface area contributed by atoms with Crippen LogP contribution < -0.4 is 4.90 Å². The Balaban J connectivity index is 2.26. The van der Waals surface area contributed by atoms with Gasteiger partial charge in [-0.1, -0.05) is 47.0 Å². The Labute approximate surface area is 160 Å². The summed E-state index contributed by atoms with van der Waals surface area (Å²) in [5.74, 6) is 0. The SMILES string of the molecule is CC1=C(C)C(C)=C(c2ccc(N(C)C)cc2-c2cccc(Cl)c2Cl)C1. The summed E-state index contributed by atoms with van der Waals surface area (Å²) in [6.07, 6.45) is 0.990. The van der Waals surface area contributed by atoms with Crippen LogP contribution in [0.2, 0.25) is 10.0 Å². The van der Waals surface area contributed by atoms with Crippen molar-refractivity contribution in [2.75, 3.05) is 19.0 Å². The molecule has 0 N–H and O–H groups in total. The number of hydrogen-bond donors (Lipinski definition) is 0. The quantitative estimate of drug-likeness (QED) is 0.549. The molecule has 0 bridgehead atoms. The first-order chi connectivity index (χ1) is 11.8. The van der Waals surface area contributed by atoms with Crippen LogP contribution in [0.25, 0.3) is 16.7 Å². The summed E-state index contributed by atoms with van der Waals surface area (Å²) in [6, 6.07) is 12.4. The zero-order valence-corrected chi connectivity index (χ0v) is 16.9. The fraction of sp³-hybridized carbons (Fsp3) is 0.273. The average Bonchev–Trinajstić information content (AvgIpc) is 2.84. The maximum absolute atomic E-state index is 6.56. The first kappa shape index (κ1) is 18.1. The molecule has 0 saturated heterocycles. The van der Waals surface area contributed by atoms with E-state index < -0.39 is 0 Å². The second kappa shape index (κ2) is 6.90. The third kappa shape index (κ3) is 3.23. The van der Waals surface area contributed by atoms with Gasteiger partial charge in [0.05, 0.1) is 10.0 Å². The Kier molecular flexibility index (Phi) is 4.99. The Morgan fingerprint density at radius 1 is 0.840 bits per heavy atom. The van der Waals surface area contributed by atoms with Crippen molar-refractivity contribution in [3.63, 3.8) is 0 Å². The van der Waals surface area contributed by atoms with E-state index >= 15 is 0 Å². The highest BCUT2D eigenvalue weighted by molar-refractivity contribution is 6.43. The second-order valence-corrected chi connectivity index (χ2v) is 7.70. The van der Waals surface area contributed by atoms with E-state index in [4.69, 9.17) is 23.2 Å². The van der Waals surface area contributed by atoms with Crippen molar-refractivity contribution in [2.24, 2.45) is 0 Å². The monoisotopic (exact) mass is 371 g/mol. The number of nitrogens with zero attached hydrogens (tertiary/aromatic N) is 1. The van der Waals surface area contributed by atoms with Crippen LogP contribution in [0.1, 0.15) is 32.8 Å². The molecule has 0 atom stereocenters. The van der Waals surface area contributed by atoms with Gasteiger partial charge < -0.3 is 4.90 Å². The average molecular weight is 372 g/mol. The molecular weight excluding hydrogens is 349 g/mol. The number of allylic oxidation sites excluding steroid dienone is 4. The van der Waals surface area contributed by atoms with Crippen molar-refractivity contribution in [3.8, 4) is 11.1 Å². The summed E-state index contributed by atoms with van der Waals surface area (Å²) in [5.41, 5.74) is 10.1. The molecule has 1 aliphatic carbocycles. The van der Waals surface area contributed by atoms with Crippen molar-refractivity contribution >= 4 is 34.5 Å². The normalized spacial score (nSPS) is 14.5. The highest BCUT2D eigenvalue weighted by atomic mass is 35.5. The smallest absolute Gasteiger partial charge is 0.0670 e. The van der Waals surface area contributed by atoms with Gasteiger partial charge in [-0.2, -0.15) is 0 Å². The lowest BCUT2D eigenvalue weighted by atomic mass is 9.91. The lowest BCUT2D eigenvalue weighted by Gasteiger charge is -2.19. The van der Waals surface area contributed by atoms with Crippen molar-refractivity contribution in [2.45, 2.75) is 27.2 Å². The molecule has 0 aromatic heterocycles. The fourth-order valence-corrected chi connectivity index (χ4v) is 3.78. The predicted octanol–water partition coefficient (Wildman–Crippen LogP) is 7.24.